The van der Waals surface area contributed by atoms with Crippen molar-refractivity contribution in [3.63, 3.8) is 0 Å². The predicted molar refractivity (Wildman–Crippen MR) is 141 cm³/mol. The van der Waals surface area contributed by atoms with Crippen molar-refractivity contribution in [2.24, 2.45) is 0 Å². The van der Waals surface area contributed by atoms with Gasteiger partial charge in [-0.3, -0.25) is 4.98 Å². The molecule has 8 heteroatoms. The Balaban J connectivity index is 1.47. The zero-order valence-electron chi connectivity index (χ0n) is 20.5. The van der Waals surface area contributed by atoms with Crippen molar-refractivity contribution in [3.8, 4) is 17.2 Å². The van der Waals surface area contributed by atoms with Gasteiger partial charge < -0.3 is 15.5 Å². The van der Waals surface area contributed by atoms with Crippen molar-refractivity contribution in [2.75, 3.05) is 23.7 Å². The van der Waals surface area contributed by atoms with Gasteiger partial charge in [-0.05, 0) is 60.9 Å². The van der Waals surface area contributed by atoms with Gasteiger partial charge in [0, 0.05) is 35.6 Å². The molecular formula is C28H28FN7. The number of allylic oxidation sites excluding steroid dienone is 1. The lowest BCUT2D eigenvalue weighted by atomic mass is 9.96. The van der Waals surface area contributed by atoms with Gasteiger partial charge in [-0.15, -0.1) is 5.10 Å². The Kier molecular flexibility index (Phi) is 6.06. The third-order valence-electron chi connectivity index (χ3n) is 6.71. The first kappa shape index (κ1) is 23.4. The van der Waals surface area contributed by atoms with E-state index in [2.05, 4.69) is 39.9 Å². The van der Waals surface area contributed by atoms with Gasteiger partial charge in [0.15, 0.2) is 5.82 Å². The molecule has 0 saturated carbocycles. The average Bonchev–Trinajstić information content (AvgIpc) is 3.38. The molecule has 0 amide bonds. The van der Waals surface area contributed by atoms with E-state index in [0.29, 0.717) is 29.4 Å². The maximum absolute atomic E-state index is 15.2. The first-order chi connectivity index (χ1) is 17.4. The number of anilines is 2. The molecule has 2 aliphatic rings. The highest BCUT2D eigenvalue weighted by molar-refractivity contribution is 5.75. The SMILES string of the molecule is C=C(/C=c1/cc(-c2cnc3c(c2C)NCCC3)c(F)c/c1=C/C)Nc1cc2n(n1)C(=C)N(CC#N)C2. The van der Waals surface area contributed by atoms with Crippen LogP contribution >= 0.6 is 0 Å². The highest BCUT2D eigenvalue weighted by Gasteiger charge is 2.24. The highest BCUT2D eigenvalue weighted by atomic mass is 19.1. The molecule has 5 rings (SSSR count). The second-order valence-electron chi connectivity index (χ2n) is 9.06. The van der Waals surface area contributed by atoms with Crippen LogP contribution in [0.4, 0.5) is 15.9 Å². The lowest BCUT2D eigenvalue weighted by Gasteiger charge is -2.21. The van der Waals surface area contributed by atoms with Crippen molar-refractivity contribution < 1.29 is 4.39 Å². The molecule has 0 fully saturated rings. The van der Waals surface area contributed by atoms with E-state index in [1.54, 1.807) is 16.9 Å². The number of pyridine rings is 1. The van der Waals surface area contributed by atoms with Crippen LogP contribution in [0, 0.1) is 24.1 Å². The maximum atomic E-state index is 15.2. The fraction of sp³-hybridized carbons (Fsp3) is 0.250. The minimum Gasteiger partial charge on any atom is -0.383 e. The summed E-state index contributed by atoms with van der Waals surface area (Å²) < 4.78 is 17.0. The summed E-state index contributed by atoms with van der Waals surface area (Å²) in [6.07, 6.45) is 7.53. The predicted octanol–water partition coefficient (Wildman–Crippen LogP) is 3.72. The Bertz CT molecular complexity index is 1560. The van der Waals surface area contributed by atoms with Crippen LogP contribution in [0.15, 0.2) is 43.3 Å². The zero-order valence-corrected chi connectivity index (χ0v) is 20.5. The van der Waals surface area contributed by atoms with Gasteiger partial charge in [-0.1, -0.05) is 19.2 Å². The van der Waals surface area contributed by atoms with Crippen LogP contribution in [-0.2, 0) is 13.0 Å². The van der Waals surface area contributed by atoms with E-state index in [1.165, 1.54) is 0 Å². The van der Waals surface area contributed by atoms with Crippen molar-refractivity contribution in [2.45, 2.75) is 33.2 Å². The summed E-state index contributed by atoms with van der Waals surface area (Å²) in [5, 5.41) is 21.8. The first-order valence-electron chi connectivity index (χ1n) is 12.0. The molecule has 0 saturated heterocycles. The number of nitriles is 1. The molecule has 0 bridgehead atoms. The first-order valence-corrected chi connectivity index (χ1v) is 12.0. The normalized spacial score (nSPS) is 15.4. The van der Waals surface area contributed by atoms with Gasteiger partial charge >= 0.3 is 0 Å². The van der Waals surface area contributed by atoms with E-state index in [-0.39, 0.29) is 12.4 Å². The van der Waals surface area contributed by atoms with Gasteiger partial charge in [0.2, 0.25) is 0 Å². The Morgan fingerprint density at radius 3 is 2.89 bits per heavy atom. The van der Waals surface area contributed by atoms with Crippen LogP contribution in [0.1, 0.15) is 30.3 Å². The maximum Gasteiger partial charge on any atom is 0.153 e. The lowest BCUT2D eigenvalue weighted by Crippen LogP contribution is -2.26. The van der Waals surface area contributed by atoms with Crippen LogP contribution in [0.25, 0.3) is 29.1 Å². The summed E-state index contributed by atoms with van der Waals surface area (Å²) in [5.41, 5.74) is 5.92. The number of halogens is 1. The van der Waals surface area contributed by atoms with E-state index in [1.807, 2.05) is 43.0 Å². The summed E-state index contributed by atoms with van der Waals surface area (Å²) in [4.78, 5) is 6.48. The third kappa shape index (κ3) is 4.13. The molecule has 0 spiro atoms. The van der Waals surface area contributed by atoms with Crippen LogP contribution in [0.2, 0.25) is 0 Å². The molecule has 7 nitrogen and oxygen atoms in total. The summed E-state index contributed by atoms with van der Waals surface area (Å²) in [6.45, 7) is 13.8. The van der Waals surface area contributed by atoms with E-state index in [4.69, 9.17) is 5.26 Å². The Morgan fingerprint density at radius 2 is 2.14 bits per heavy atom. The number of fused-ring (bicyclic) bond motifs is 2. The third-order valence-corrected chi connectivity index (χ3v) is 6.71. The molecule has 2 aromatic heterocycles. The molecule has 2 aliphatic heterocycles. The molecule has 0 unspecified atom stereocenters. The van der Waals surface area contributed by atoms with Gasteiger partial charge in [0.05, 0.1) is 29.7 Å². The minimum absolute atomic E-state index is 0.268. The second kappa shape index (κ2) is 9.34. The number of aromatic nitrogens is 3. The van der Waals surface area contributed by atoms with Gasteiger partial charge in [0.25, 0.3) is 0 Å². The Hall–Kier alpha value is -4.38. The Labute approximate surface area is 209 Å². The number of aryl methyl sites for hydroxylation is 1. The van der Waals surface area contributed by atoms with E-state index in [9.17, 15) is 0 Å². The van der Waals surface area contributed by atoms with Crippen LogP contribution in [0.3, 0.4) is 0 Å². The van der Waals surface area contributed by atoms with Crippen LogP contribution in [0.5, 0.6) is 0 Å². The molecule has 0 atom stereocenters. The highest BCUT2D eigenvalue weighted by Crippen LogP contribution is 2.32. The summed E-state index contributed by atoms with van der Waals surface area (Å²) in [7, 11) is 0. The molecule has 3 aromatic rings. The van der Waals surface area contributed by atoms with Crippen LogP contribution in [-0.4, -0.2) is 32.8 Å². The molecule has 0 aliphatic carbocycles. The minimum atomic E-state index is -0.287. The van der Waals surface area contributed by atoms with Gasteiger partial charge in [-0.2, -0.15) is 5.26 Å². The van der Waals surface area contributed by atoms with Gasteiger partial charge in [-0.25, -0.2) is 9.07 Å². The fourth-order valence-electron chi connectivity index (χ4n) is 4.87. The molecule has 36 heavy (non-hydrogen) atoms. The quantitative estimate of drug-likeness (QED) is 0.541. The monoisotopic (exact) mass is 481 g/mol. The molecular weight excluding hydrogens is 453 g/mol. The van der Waals surface area contributed by atoms with Crippen molar-refractivity contribution >= 4 is 29.5 Å². The number of nitrogens with one attached hydrogen (secondary N) is 2. The topological polar surface area (TPSA) is 81.8 Å². The van der Waals surface area contributed by atoms with Crippen molar-refractivity contribution in [1.29, 1.82) is 5.26 Å². The summed E-state index contributed by atoms with van der Waals surface area (Å²) >= 11 is 0. The zero-order chi connectivity index (χ0) is 25.4. The van der Waals surface area contributed by atoms with Gasteiger partial charge in [0.1, 0.15) is 18.2 Å². The second-order valence-corrected chi connectivity index (χ2v) is 9.06. The smallest absolute Gasteiger partial charge is 0.153 e. The number of benzene rings is 1. The van der Waals surface area contributed by atoms with E-state index < -0.39 is 0 Å². The van der Waals surface area contributed by atoms with E-state index in [0.717, 1.165) is 58.0 Å². The average molecular weight is 482 g/mol. The largest absolute Gasteiger partial charge is 0.383 e. The summed E-state index contributed by atoms with van der Waals surface area (Å²) in [6, 6.07) is 7.46. The van der Waals surface area contributed by atoms with Crippen molar-refractivity contribution in [3.05, 3.63) is 76.5 Å². The van der Waals surface area contributed by atoms with Crippen molar-refractivity contribution in [1.82, 2.24) is 19.7 Å². The molecule has 1 aromatic carbocycles. The summed E-state index contributed by atoms with van der Waals surface area (Å²) in [5.74, 6) is 1.02. The lowest BCUT2D eigenvalue weighted by molar-refractivity contribution is 0.454. The standard InChI is InChI=1S/C28H28FN7/c1-5-20-13-25(29)23(24-15-32-26-7-6-9-31-28(26)18(24)3)12-21(20)11-17(2)33-27-14-22-16-35(10-8-30)19(4)36(22)34-27/h5,11-15,31H,2,4,6-7,9-10,16H2,1,3H3,(H,33,34)/b20-5-,21-11-. The molecule has 182 valence electrons. The molecule has 4 heterocycles. The van der Waals surface area contributed by atoms with E-state index >= 15 is 4.39 Å². The number of hydrogen-bond acceptors (Lipinski definition) is 6. The molecule has 2 N–H and O–H groups in total. The number of nitrogens with zero attached hydrogens (tertiary/aromatic N) is 5. The fourth-order valence-corrected chi connectivity index (χ4v) is 4.87. The Morgan fingerprint density at radius 1 is 1.31 bits per heavy atom. The number of rotatable bonds is 5. The van der Waals surface area contributed by atoms with Crippen LogP contribution < -0.4 is 21.1 Å². The number of hydrogen-bond donors (Lipinski definition) is 2. The molecule has 0 radical (unpaired) electrons.